The molecule has 166 valence electrons. The van der Waals surface area contributed by atoms with Gasteiger partial charge in [-0.2, -0.15) is 4.31 Å². The maximum absolute atomic E-state index is 13.2. The Morgan fingerprint density at radius 1 is 1.00 bits per heavy atom. The fourth-order valence-corrected chi connectivity index (χ4v) is 5.93. The first-order valence-electron chi connectivity index (χ1n) is 10.5. The number of piperazine rings is 1. The third-order valence-electron chi connectivity index (χ3n) is 5.93. The first kappa shape index (κ1) is 22.1. The van der Waals surface area contributed by atoms with Crippen molar-refractivity contribution in [3.8, 4) is 0 Å². The molecule has 0 radical (unpaired) electrons. The number of rotatable bonds is 5. The van der Waals surface area contributed by atoms with Crippen molar-refractivity contribution in [2.24, 2.45) is 0 Å². The number of halogens is 1. The molecular weight excluding hydrogens is 436 g/mol. The number of hydrogen-bond acceptors (Lipinski definition) is 5. The molecule has 2 aromatic rings. The van der Waals surface area contributed by atoms with E-state index in [0.717, 1.165) is 31.9 Å². The fourth-order valence-electron chi connectivity index (χ4n) is 4.15. The molecule has 0 bridgehead atoms. The second kappa shape index (κ2) is 9.16. The molecule has 9 heteroatoms. The molecule has 1 unspecified atom stereocenters. The summed E-state index contributed by atoms with van der Waals surface area (Å²) in [7, 11) is -1.68. The molecule has 2 saturated heterocycles. The standard InChI is InChI=1S/C22H27ClN4O3S/c1-25-13-15-26(16-14-25)20-6-3-2-5-19(20)24-22(28)21-7-4-12-27(21)31(29,30)18-10-8-17(23)9-11-18/h2-3,5-6,8-11,21H,4,7,12-16H2,1H3,(H,24,28). The average molecular weight is 463 g/mol. The summed E-state index contributed by atoms with van der Waals surface area (Å²) in [6.45, 7) is 3.99. The lowest BCUT2D eigenvalue weighted by atomic mass is 10.2. The molecule has 0 spiro atoms. The molecule has 0 aliphatic carbocycles. The maximum atomic E-state index is 13.2. The van der Waals surface area contributed by atoms with Gasteiger partial charge < -0.3 is 15.1 Å². The van der Waals surface area contributed by atoms with Gasteiger partial charge in [0, 0.05) is 37.7 Å². The predicted molar refractivity (Wildman–Crippen MR) is 123 cm³/mol. The molecule has 2 fully saturated rings. The highest BCUT2D eigenvalue weighted by molar-refractivity contribution is 7.89. The SMILES string of the molecule is CN1CCN(c2ccccc2NC(=O)C2CCCN2S(=O)(=O)c2ccc(Cl)cc2)CC1. The Hall–Kier alpha value is -2.13. The largest absolute Gasteiger partial charge is 0.367 e. The van der Waals surface area contributed by atoms with Crippen LogP contribution in [0, 0.1) is 0 Å². The summed E-state index contributed by atoms with van der Waals surface area (Å²) in [5, 5.41) is 3.47. The van der Waals surface area contributed by atoms with E-state index in [-0.39, 0.29) is 10.8 Å². The number of nitrogens with one attached hydrogen (secondary N) is 1. The summed E-state index contributed by atoms with van der Waals surface area (Å²) in [4.78, 5) is 17.9. The lowest BCUT2D eigenvalue weighted by Crippen LogP contribution is -2.45. The molecule has 1 amide bonds. The van der Waals surface area contributed by atoms with Gasteiger partial charge in [-0.1, -0.05) is 23.7 Å². The minimum absolute atomic E-state index is 0.148. The Kier molecular flexibility index (Phi) is 6.52. The van der Waals surface area contributed by atoms with Gasteiger partial charge in [-0.15, -0.1) is 0 Å². The second-order valence-corrected chi connectivity index (χ2v) is 10.4. The van der Waals surface area contributed by atoms with E-state index >= 15 is 0 Å². The van der Waals surface area contributed by atoms with Gasteiger partial charge in [-0.25, -0.2) is 8.42 Å². The Labute approximate surface area is 188 Å². The zero-order chi connectivity index (χ0) is 22.0. The molecule has 31 heavy (non-hydrogen) atoms. The molecule has 2 aliphatic rings. The Balaban J connectivity index is 1.53. The predicted octanol–water partition coefficient (Wildman–Crippen LogP) is 2.88. The van der Waals surface area contributed by atoms with Crippen LogP contribution in [-0.2, 0) is 14.8 Å². The van der Waals surface area contributed by atoms with Crippen LogP contribution in [0.5, 0.6) is 0 Å². The van der Waals surface area contributed by atoms with Gasteiger partial charge in [0.05, 0.1) is 16.3 Å². The van der Waals surface area contributed by atoms with E-state index in [0.29, 0.717) is 30.1 Å². The first-order valence-corrected chi connectivity index (χ1v) is 12.3. The number of amides is 1. The fraction of sp³-hybridized carbons (Fsp3) is 0.409. The summed E-state index contributed by atoms with van der Waals surface area (Å²) in [5.74, 6) is -0.295. The van der Waals surface area contributed by atoms with Crippen LogP contribution >= 0.6 is 11.6 Å². The molecule has 2 aliphatic heterocycles. The van der Waals surface area contributed by atoms with E-state index in [1.165, 1.54) is 16.4 Å². The highest BCUT2D eigenvalue weighted by Gasteiger charge is 2.39. The number of nitrogens with zero attached hydrogens (tertiary/aromatic N) is 3. The van der Waals surface area contributed by atoms with Crippen molar-refractivity contribution in [2.45, 2.75) is 23.8 Å². The van der Waals surface area contributed by atoms with Gasteiger partial charge in [0.2, 0.25) is 15.9 Å². The normalized spacial score (nSPS) is 20.7. The van der Waals surface area contributed by atoms with Gasteiger partial charge in [-0.3, -0.25) is 4.79 Å². The minimum Gasteiger partial charge on any atom is -0.367 e. The van der Waals surface area contributed by atoms with Crippen molar-refractivity contribution in [1.29, 1.82) is 0 Å². The van der Waals surface area contributed by atoms with Crippen molar-refractivity contribution < 1.29 is 13.2 Å². The van der Waals surface area contributed by atoms with Crippen LogP contribution in [0.3, 0.4) is 0 Å². The van der Waals surface area contributed by atoms with Crippen LogP contribution in [0.1, 0.15) is 12.8 Å². The number of hydrogen-bond donors (Lipinski definition) is 1. The lowest BCUT2D eigenvalue weighted by molar-refractivity contribution is -0.119. The number of para-hydroxylation sites is 2. The number of carbonyl (C=O) groups excluding carboxylic acids is 1. The van der Waals surface area contributed by atoms with Crippen LogP contribution in [0.25, 0.3) is 0 Å². The quantitative estimate of drug-likeness (QED) is 0.739. The monoisotopic (exact) mass is 462 g/mol. The topological polar surface area (TPSA) is 73.0 Å². The molecule has 0 aromatic heterocycles. The van der Waals surface area contributed by atoms with Crippen molar-refractivity contribution in [2.75, 3.05) is 50.0 Å². The molecule has 1 atom stereocenters. The summed E-state index contributed by atoms with van der Waals surface area (Å²) >= 11 is 5.90. The summed E-state index contributed by atoms with van der Waals surface area (Å²) in [6, 6.07) is 13.0. The summed E-state index contributed by atoms with van der Waals surface area (Å²) in [6.07, 6.45) is 1.14. The van der Waals surface area contributed by atoms with Gasteiger partial charge in [0.1, 0.15) is 6.04 Å². The third-order valence-corrected chi connectivity index (χ3v) is 8.11. The van der Waals surface area contributed by atoms with E-state index in [4.69, 9.17) is 11.6 Å². The van der Waals surface area contributed by atoms with Crippen LogP contribution in [0.2, 0.25) is 5.02 Å². The van der Waals surface area contributed by atoms with Gasteiger partial charge in [0.15, 0.2) is 0 Å². The van der Waals surface area contributed by atoms with E-state index in [1.54, 1.807) is 12.1 Å². The third kappa shape index (κ3) is 4.72. The number of anilines is 2. The Morgan fingerprint density at radius 3 is 2.39 bits per heavy atom. The van der Waals surface area contributed by atoms with Crippen LogP contribution in [-0.4, -0.2) is 69.3 Å². The van der Waals surface area contributed by atoms with Crippen molar-refractivity contribution in [1.82, 2.24) is 9.21 Å². The minimum atomic E-state index is -3.78. The second-order valence-electron chi connectivity index (χ2n) is 8.02. The molecule has 2 aromatic carbocycles. The molecule has 1 N–H and O–H groups in total. The molecule has 2 heterocycles. The van der Waals surface area contributed by atoms with Gasteiger partial charge >= 0.3 is 0 Å². The average Bonchev–Trinajstić information content (AvgIpc) is 3.26. The van der Waals surface area contributed by atoms with E-state index < -0.39 is 16.1 Å². The van der Waals surface area contributed by atoms with Crippen molar-refractivity contribution in [3.63, 3.8) is 0 Å². The highest BCUT2D eigenvalue weighted by atomic mass is 35.5. The molecule has 0 saturated carbocycles. The number of likely N-dealkylation sites (N-methyl/N-ethyl adjacent to an activating group) is 1. The Morgan fingerprint density at radius 2 is 1.68 bits per heavy atom. The van der Waals surface area contributed by atoms with Gasteiger partial charge in [0.25, 0.3) is 0 Å². The van der Waals surface area contributed by atoms with Crippen molar-refractivity contribution >= 4 is 38.9 Å². The Bertz CT molecular complexity index is 1040. The van der Waals surface area contributed by atoms with Crippen LogP contribution in [0.15, 0.2) is 53.4 Å². The summed E-state index contributed by atoms with van der Waals surface area (Å²) in [5.41, 5.74) is 1.68. The van der Waals surface area contributed by atoms with Crippen LogP contribution in [0.4, 0.5) is 11.4 Å². The van der Waals surface area contributed by atoms with Crippen molar-refractivity contribution in [3.05, 3.63) is 53.6 Å². The molecular formula is C22H27ClN4O3S. The molecule has 4 rings (SSSR count). The van der Waals surface area contributed by atoms with E-state index in [1.807, 2.05) is 24.3 Å². The number of sulfonamides is 1. The van der Waals surface area contributed by atoms with Crippen LogP contribution < -0.4 is 10.2 Å². The van der Waals surface area contributed by atoms with E-state index in [2.05, 4.69) is 22.2 Å². The summed E-state index contributed by atoms with van der Waals surface area (Å²) < 4.78 is 27.6. The zero-order valence-electron chi connectivity index (χ0n) is 17.5. The van der Waals surface area contributed by atoms with Gasteiger partial charge in [-0.05, 0) is 56.3 Å². The maximum Gasteiger partial charge on any atom is 0.243 e. The van der Waals surface area contributed by atoms with E-state index in [9.17, 15) is 13.2 Å². The molecule has 7 nitrogen and oxygen atoms in total. The smallest absolute Gasteiger partial charge is 0.243 e. The number of carbonyl (C=O) groups is 1. The zero-order valence-corrected chi connectivity index (χ0v) is 19.1. The lowest BCUT2D eigenvalue weighted by Gasteiger charge is -2.35. The number of benzene rings is 2. The highest BCUT2D eigenvalue weighted by Crippen LogP contribution is 2.30. The first-order chi connectivity index (χ1) is 14.9.